The van der Waals surface area contributed by atoms with Gasteiger partial charge in [0.2, 0.25) is 0 Å². The van der Waals surface area contributed by atoms with Crippen molar-refractivity contribution < 1.29 is 8.78 Å². The number of nitrogens with two attached hydrogens (primary N) is 1. The van der Waals surface area contributed by atoms with Gasteiger partial charge in [-0.3, -0.25) is 0 Å². The van der Waals surface area contributed by atoms with E-state index in [0.717, 1.165) is 31.7 Å². The van der Waals surface area contributed by atoms with Gasteiger partial charge in [-0.05, 0) is 33.0 Å². The molecular weight excluding hydrogens is 258 g/mol. The normalized spacial score (nSPS) is 20.7. The Hall–Kier alpha value is -1.00. The Balaban J connectivity index is 2.40. The molecule has 2 rings (SSSR count). The van der Waals surface area contributed by atoms with Crippen molar-refractivity contribution in [1.82, 2.24) is 4.90 Å². The van der Waals surface area contributed by atoms with Crippen LogP contribution in [0.4, 0.5) is 8.78 Å². The highest BCUT2D eigenvalue weighted by Gasteiger charge is 2.41. The van der Waals surface area contributed by atoms with Gasteiger partial charge in [0, 0.05) is 11.1 Å². The van der Waals surface area contributed by atoms with Gasteiger partial charge in [0.05, 0.1) is 6.04 Å². The molecule has 2 N–H and O–H groups in total. The molecule has 0 spiro atoms. The first-order chi connectivity index (χ1) is 9.49. The summed E-state index contributed by atoms with van der Waals surface area (Å²) >= 11 is 0. The van der Waals surface area contributed by atoms with Crippen LogP contribution < -0.4 is 5.73 Å². The van der Waals surface area contributed by atoms with Gasteiger partial charge in [-0.15, -0.1) is 0 Å². The van der Waals surface area contributed by atoms with Gasteiger partial charge in [0.15, 0.2) is 11.6 Å². The molecule has 4 heteroatoms. The summed E-state index contributed by atoms with van der Waals surface area (Å²) in [5.74, 6) is -1.62. The van der Waals surface area contributed by atoms with Crippen molar-refractivity contribution in [3.63, 3.8) is 0 Å². The van der Waals surface area contributed by atoms with Gasteiger partial charge in [-0.1, -0.05) is 37.8 Å². The van der Waals surface area contributed by atoms with Gasteiger partial charge in [-0.25, -0.2) is 8.78 Å². The summed E-state index contributed by atoms with van der Waals surface area (Å²) in [6.07, 6.45) is 6.40. The van der Waals surface area contributed by atoms with E-state index < -0.39 is 17.7 Å². The Morgan fingerprint density at radius 3 is 2.25 bits per heavy atom. The second-order valence-corrected chi connectivity index (χ2v) is 6.03. The molecule has 0 bridgehead atoms. The van der Waals surface area contributed by atoms with E-state index in [9.17, 15) is 8.78 Å². The zero-order valence-electron chi connectivity index (χ0n) is 12.3. The van der Waals surface area contributed by atoms with Crippen molar-refractivity contribution in [3.8, 4) is 0 Å². The molecule has 0 saturated heterocycles. The summed E-state index contributed by atoms with van der Waals surface area (Å²) in [4.78, 5) is 2.10. The average Bonchev–Trinajstić information content (AvgIpc) is 2.68. The molecule has 1 unspecified atom stereocenters. The van der Waals surface area contributed by atoms with Crippen LogP contribution >= 0.6 is 0 Å². The van der Waals surface area contributed by atoms with E-state index in [1.165, 1.54) is 18.9 Å². The van der Waals surface area contributed by atoms with Crippen LogP contribution in [0.3, 0.4) is 0 Å². The van der Waals surface area contributed by atoms with Crippen molar-refractivity contribution in [3.05, 3.63) is 35.4 Å². The van der Waals surface area contributed by atoms with E-state index in [1.807, 2.05) is 14.1 Å². The molecule has 0 heterocycles. The van der Waals surface area contributed by atoms with Crippen molar-refractivity contribution in [2.45, 2.75) is 50.1 Å². The molecule has 1 aliphatic carbocycles. The fourth-order valence-corrected chi connectivity index (χ4v) is 3.43. The smallest absolute Gasteiger partial charge is 0.163 e. The minimum atomic E-state index is -0.819. The molecule has 1 aromatic carbocycles. The van der Waals surface area contributed by atoms with Gasteiger partial charge in [0.25, 0.3) is 0 Å². The van der Waals surface area contributed by atoms with Gasteiger partial charge < -0.3 is 10.6 Å². The predicted molar refractivity (Wildman–Crippen MR) is 77.4 cm³/mol. The average molecular weight is 282 g/mol. The van der Waals surface area contributed by atoms with E-state index in [0.29, 0.717) is 5.56 Å². The van der Waals surface area contributed by atoms with Crippen molar-refractivity contribution in [2.75, 3.05) is 14.1 Å². The highest BCUT2D eigenvalue weighted by Crippen LogP contribution is 2.40. The number of likely N-dealkylation sites (N-methyl/N-ethyl adjacent to an activating group) is 1. The number of rotatable bonds is 3. The standard InChI is InChI=1S/C16H24F2N2/c1-20(2)16(10-5-3-4-6-11-16)15(19)12-8-7-9-13(17)14(12)18/h7-9,15H,3-6,10-11,19H2,1-2H3. The largest absolute Gasteiger partial charge is 0.322 e. The first kappa shape index (κ1) is 15.4. The third-order valence-corrected chi connectivity index (χ3v) is 4.76. The van der Waals surface area contributed by atoms with Crippen molar-refractivity contribution >= 4 is 0 Å². The zero-order valence-corrected chi connectivity index (χ0v) is 12.3. The second kappa shape index (κ2) is 6.19. The maximum Gasteiger partial charge on any atom is 0.163 e. The maximum atomic E-state index is 14.1. The summed E-state index contributed by atoms with van der Waals surface area (Å²) < 4.78 is 27.5. The monoisotopic (exact) mass is 282 g/mol. The Morgan fingerprint density at radius 1 is 1.10 bits per heavy atom. The van der Waals surface area contributed by atoms with Crippen LogP contribution in [-0.4, -0.2) is 24.5 Å². The quantitative estimate of drug-likeness (QED) is 0.858. The Bertz CT molecular complexity index is 452. The van der Waals surface area contributed by atoms with E-state index in [-0.39, 0.29) is 5.54 Å². The van der Waals surface area contributed by atoms with Crippen LogP contribution in [0.2, 0.25) is 0 Å². The summed E-state index contributed by atoms with van der Waals surface area (Å²) in [5, 5.41) is 0. The van der Waals surface area contributed by atoms with E-state index >= 15 is 0 Å². The van der Waals surface area contributed by atoms with Gasteiger partial charge in [-0.2, -0.15) is 0 Å². The van der Waals surface area contributed by atoms with E-state index in [2.05, 4.69) is 4.90 Å². The molecule has 1 fully saturated rings. The predicted octanol–water partition coefficient (Wildman–Crippen LogP) is 3.62. The summed E-state index contributed by atoms with van der Waals surface area (Å²) in [5.41, 5.74) is 6.40. The minimum Gasteiger partial charge on any atom is -0.322 e. The summed E-state index contributed by atoms with van der Waals surface area (Å²) in [7, 11) is 3.98. The highest BCUT2D eigenvalue weighted by atomic mass is 19.2. The molecular formula is C16H24F2N2. The molecule has 112 valence electrons. The topological polar surface area (TPSA) is 29.3 Å². The van der Waals surface area contributed by atoms with Crippen LogP contribution in [0, 0.1) is 11.6 Å². The van der Waals surface area contributed by atoms with Gasteiger partial charge in [0.1, 0.15) is 0 Å². The minimum absolute atomic E-state index is 0.287. The molecule has 2 nitrogen and oxygen atoms in total. The molecule has 0 amide bonds. The number of halogens is 2. The SMILES string of the molecule is CN(C)C1(C(N)c2cccc(F)c2F)CCCCCC1. The summed E-state index contributed by atoms with van der Waals surface area (Å²) in [6.45, 7) is 0. The van der Waals surface area contributed by atoms with E-state index in [4.69, 9.17) is 5.73 Å². The van der Waals surface area contributed by atoms with Crippen LogP contribution in [0.1, 0.15) is 50.1 Å². The Morgan fingerprint density at radius 2 is 1.70 bits per heavy atom. The zero-order chi connectivity index (χ0) is 14.8. The van der Waals surface area contributed by atoms with Crippen LogP contribution in [-0.2, 0) is 0 Å². The van der Waals surface area contributed by atoms with Gasteiger partial charge >= 0.3 is 0 Å². The van der Waals surface area contributed by atoms with Crippen LogP contribution in [0.15, 0.2) is 18.2 Å². The first-order valence-corrected chi connectivity index (χ1v) is 7.36. The van der Waals surface area contributed by atoms with Crippen LogP contribution in [0.5, 0.6) is 0 Å². The maximum absolute atomic E-state index is 14.1. The molecule has 20 heavy (non-hydrogen) atoms. The van der Waals surface area contributed by atoms with Crippen LogP contribution in [0.25, 0.3) is 0 Å². The molecule has 1 aromatic rings. The third kappa shape index (κ3) is 2.72. The first-order valence-electron chi connectivity index (χ1n) is 7.36. The third-order valence-electron chi connectivity index (χ3n) is 4.76. The fraction of sp³-hybridized carbons (Fsp3) is 0.625. The number of benzene rings is 1. The lowest BCUT2D eigenvalue weighted by Crippen LogP contribution is -2.52. The second-order valence-electron chi connectivity index (χ2n) is 6.03. The number of nitrogens with zero attached hydrogens (tertiary/aromatic N) is 1. The van der Waals surface area contributed by atoms with Crippen molar-refractivity contribution in [2.24, 2.45) is 5.73 Å². The van der Waals surface area contributed by atoms with Crippen molar-refractivity contribution in [1.29, 1.82) is 0 Å². The lowest BCUT2D eigenvalue weighted by Gasteiger charge is -2.44. The lowest BCUT2D eigenvalue weighted by molar-refractivity contribution is 0.0951. The molecule has 1 aliphatic rings. The summed E-state index contributed by atoms with van der Waals surface area (Å²) in [6, 6.07) is 3.78. The Labute approximate surface area is 120 Å². The molecule has 0 aliphatic heterocycles. The fourth-order valence-electron chi connectivity index (χ4n) is 3.43. The number of hydrogen-bond acceptors (Lipinski definition) is 2. The molecule has 0 radical (unpaired) electrons. The highest BCUT2D eigenvalue weighted by molar-refractivity contribution is 5.26. The number of hydrogen-bond donors (Lipinski definition) is 1. The van der Waals surface area contributed by atoms with E-state index in [1.54, 1.807) is 6.07 Å². The molecule has 1 atom stereocenters. The molecule has 0 aromatic heterocycles. The lowest BCUT2D eigenvalue weighted by atomic mass is 9.78. The molecule has 1 saturated carbocycles. The Kier molecular flexibility index (Phi) is 4.76.